The van der Waals surface area contributed by atoms with Gasteiger partial charge in [-0.15, -0.1) is 0 Å². The van der Waals surface area contributed by atoms with Crippen molar-refractivity contribution >= 4 is 17.3 Å². The molecule has 1 aromatic heterocycles. The summed E-state index contributed by atoms with van der Waals surface area (Å²) in [5.41, 5.74) is 8.70. The first kappa shape index (κ1) is 21.6. The summed E-state index contributed by atoms with van der Waals surface area (Å²) in [5.74, 6) is -0.106. The van der Waals surface area contributed by atoms with Crippen molar-refractivity contribution in [1.82, 2.24) is 9.47 Å². The summed E-state index contributed by atoms with van der Waals surface area (Å²) in [6.45, 7) is 1.62. The second-order valence-electron chi connectivity index (χ2n) is 8.20. The first-order valence-electron chi connectivity index (χ1n) is 10.8. The third kappa shape index (κ3) is 4.51. The first-order chi connectivity index (χ1) is 15.4. The van der Waals surface area contributed by atoms with Crippen LogP contribution < -0.4 is 16.6 Å². The number of amides is 1. The van der Waals surface area contributed by atoms with E-state index in [2.05, 4.69) is 5.32 Å². The molecule has 7 heteroatoms. The number of aryl methyl sites for hydroxylation is 1. The number of rotatable bonds is 5. The zero-order valence-electron chi connectivity index (χ0n) is 18.1. The second-order valence-corrected chi connectivity index (χ2v) is 8.20. The Morgan fingerprint density at radius 2 is 1.75 bits per heavy atom. The van der Waals surface area contributed by atoms with E-state index in [9.17, 15) is 14.0 Å². The average molecular weight is 435 g/mol. The Balaban J connectivity index is 1.52. The van der Waals surface area contributed by atoms with Gasteiger partial charge in [0, 0.05) is 32.9 Å². The number of nitrogens with one attached hydrogen (secondary N) is 1. The molecule has 32 heavy (non-hydrogen) atoms. The van der Waals surface area contributed by atoms with Crippen LogP contribution in [-0.2, 0) is 13.6 Å². The molecule has 1 saturated heterocycles. The monoisotopic (exact) mass is 434 g/mol. The minimum atomic E-state index is -0.341. The summed E-state index contributed by atoms with van der Waals surface area (Å²) in [5, 5.41) is 3.20. The van der Waals surface area contributed by atoms with Crippen molar-refractivity contribution in [2.75, 3.05) is 24.1 Å². The number of pyridine rings is 1. The highest BCUT2D eigenvalue weighted by Gasteiger charge is 2.27. The molecule has 3 N–H and O–H groups in total. The summed E-state index contributed by atoms with van der Waals surface area (Å²) in [6.07, 6.45) is 3.15. The molecule has 1 aliphatic rings. The van der Waals surface area contributed by atoms with Gasteiger partial charge in [-0.05, 0) is 42.0 Å². The van der Waals surface area contributed by atoms with Crippen LogP contribution in [0.15, 0.2) is 65.6 Å². The summed E-state index contributed by atoms with van der Waals surface area (Å²) in [7, 11) is 1.59. The molecule has 2 aromatic carbocycles. The fraction of sp³-hybridized carbons (Fsp3) is 0.280. The molecule has 3 aromatic rings. The van der Waals surface area contributed by atoms with Crippen molar-refractivity contribution in [2.24, 2.45) is 7.05 Å². The molecule has 0 radical (unpaired) electrons. The molecule has 0 unspecified atom stereocenters. The lowest BCUT2D eigenvalue weighted by Crippen LogP contribution is -2.39. The van der Waals surface area contributed by atoms with Crippen LogP contribution in [0.5, 0.6) is 0 Å². The molecule has 1 aliphatic heterocycles. The lowest BCUT2D eigenvalue weighted by molar-refractivity contribution is 0.0713. The summed E-state index contributed by atoms with van der Waals surface area (Å²) >= 11 is 0. The Labute approximate surface area is 186 Å². The standard InChI is InChI=1S/C25H27FN4O2/c1-29-16-21(23(22(27)25(29)32)28-15-17-5-3-2-4-6-17)24(31)30-13-11-19(12-14-30)18-7-9-20(26)10-8-18/h2-10,16,19,28H,11-15,27H2,1H3. The molecule has 0 saturated carbocycles. The van der Waals surface area contributed by atoms with Gasteiger partial charge >= 0.3 is 0 Å². The van der Waals surface area contributed by atoms with E-state index in [-0.39, 0.29) is 23.0 Å². The molecule has 6 nitrogen and oxygen atoms in total. The Morgan fingerprint density at radius 1 is 1.09 bits per heavy atom. The van der Waals surface area contributed by atoms with Crippen molar-refractivity contribution in [3.05, 3.63) is 93.7 Å². The summed E-state index contributed by atoms with van der Waals surface area (Å²) < 4.78 is 14.6. The molecular formula is C25H27FN4O2. The molecular weight excluding hydrogens is 407 g/mol. The normalized spacial score (nSPS) is 14.4. The maximum atomic E-state index is 13.4. The molecule has 1 amide bonds. The maximum absolute atomic E-state index is 13.4. The minimum Gasteiger partial charge on any atom is -0.393 e. The molecule has 4 rings (SSSR count). The van der Waals surface area contributed by atoms with Gasteiger partial charge in [-0.3, -0.25) is 9.59 Å². The maximum Gasteiger partial charge on any atom is 0.275 e. The van der Waals surface area contributed by atoms with Gasteiger partial charge in [-0.25, -0.2) is 4.39 Å². The number of piperidine rings is 1. The number of nitrogen functional groups attached to an aromatic ring is 1. The van der Waals surface area contributed by atoms with E-state index in [1.54, 1.807) is 18.1 Å². The van der Waals surface area contributed by atoms with E-state index in [0.717, 1.165) is 24.0 Å². The number of benzene rings is 2. The zero-order valence-corrected chi connectivity index (χ0v) is 18.1. The van der Waals surface area contributed by atoms with Crippen LogP contribution >= 0.6 is 0 Å². The summed E-state index contributed by atoms with van der Waals surface area (Å²) in [4.78, 5) is 27.6. The highest BCUT2D eigenvalue weighted by atomic mass is 19.1. The van der Waals surface area contributed by atoms with Gasteiger partial charge in [0.1, 0.15) is 11.5 Å². The Kier molecular flexibility index (Phi) is 6.25. The van der Waals surface area contributed by atoms with Crippen LogP contribution in [0.25, 0.3) is 0 Å². The quantitative estimate of drug-likeness (QED) is 0.641. The number of aromatic nitrogens is 1. The first-order valence-corrected chi connectivity index (χ1v) is 10.8. The van der Waals surface area contributed by atoms with Crippen molar-refractivity contribution in [1.29, 1.82) is 0 Å². The van der Waals surface area contributed by atoms with Crippen molar-refractivity contribution < 1.29 is 9.18 Å². The minimum absolute atomic E-state index is 0.0375. The molecule has 2 heterocycles. The van der Waals surface area contributed by atoms with Gasteiger partial charge in [0.15, 0.2) is 0 Å². The molecule has 0 spiro atoms. The number of carbonyl (C=O) groups excluding carboxylic acids is 1. The molecule has 166 valence electrons. The van der Waals surface area contributed by atoms with E-state index in [4.69, 9.17) is 5.73 Å². The lowest BCUT2D eigenvalue weighted by atomic mass is 9.89. The number of anilines is 2. The van der Waals surface area contributed by atoms with E-state index in [0.29, 0.717) is 36.8 Å². The second kappa shape index (κ2) is 9.26. The van der Waals surface area contributed by atoms with Gasteiger partial charge in [0.25, 0.3) is 11.5 Å². The molecule has 1 fully saturated rings. The Morgan fingerprint density at radius 3 is 2.41 bits per heavy atom. The van der Waals surface area contributed by atoms with E-state index >= 15 is 0 Å². The van der Waals surface area contributed by atoms with Gasteiger partial charge in [-0.2, -0.15) is 0 Å². The predicted molar refractivity (Wildman–Crippen MR) is 124 cm³/mol. The van der Waals surface area contributed by atoms with Gasteiger partial charge < -0.3 is 20.5 Å². The van der Waals surface area contributed by atoms with Crippen LogP contribution in [0.2, 0.25) is 0 Å². The number of hydrogen-bond acceptors (Lipinski definition) is 4. The number of nitrogens with two attached hydrogens (primary N) is 1. The number of likely N-dealkylation sites (tertiary alicyclic amines) is 1. The molecule has 0 aliphatic carbocycles. The van der Waals surface area contributed by atoms with Crippen LogP contribution in [0.1, 0.15) is 40.2 Å². The molecule has 0 atom stereocenters. The summed E-state index contributed by atoms with van der Waals surface area (Å²) in [6, 6.07) is 16.3. The zero-order chi connectivity index (χ0) is 22.7. The van der Waals surface area contributed by atoms with E-state index < -0.39 is 0 Å². The fourth-order valence-corrected chi connectivity index (χ4v) is 4.22. The topological polar surface area (TPSA) is 80.4 Å². The van der Waals surface area contributed by atoms with Crippen molar-refractivity contribution in [3.8, 4) is 0 Å². The molecule has 0 bridgehead atoms. The van der Waals surface area contributed by atoms with Crippen molar-refractivity contribution in [2.45, 2.75) is 25.3 Å². The number of carbonyl (C=O) groups is 1. The van der Waals surface area contributed by atoms with Gasteiger partial charge in [0.05, 0.1) is 11.3 Å². The number of hydrogen-bond donors (Lipinski definition) is 2. The van der Waals surface area contributed by atoms with Crippen molar-refractivity contribution in [3.63, 3.8) is 0 Å². The fourth-order valence-electron chi connectivity index (χ4n) is 4.22. The lowest BCUT2D eigenvalue weighted by Gasteiger charge is -2.33. The van der Waals surface area contributed by atoms with Crippen LogP contribution in [0.4, 0.5) is 15.8 Å². The number of halogens is 1. The van der Waals surface area contributed by atoms with E-state index in [1.165, 1.54) is 16.7 Å². The highest BCUT2D eigenvalue weighted by molar-refractivity contribution is 6.01. The Bertz CT molecular complexity index is 1150. The third-order valence-electron chi connectivity index (χ3n) is 6.08. The average Bonchev–Trinajstić information content (AvgIpc) is 2.82. The van der Waals surface area contributed by atoms with Gasteiger partial charge in [-0.1, -0.05) is 42.5 Å². The number of nitrogens with zero attached hydrogens (tertiary/aromatic N) is 2. The Hall–Kier alpha value is -3.61. The van der Waals surface area contributed by atoms with Crippen LogP contribution in [0, 0.1) is 5.82 Å². The smallest absolute Gasteiger partial charge is 0.275 e. The third-order valence-corrected chi connectivity index (χ3v) is 6.08. The van der Waals surface area contributed by atoms with Gasteiger partial charge in [0.2, 0.25) is 0 Å². The predicted octanol–water partition coefficient (Wildman–Crippen LogP) is 3.74. The highest BCUT2D eigenvalue weighted by Crippen LogP contribution is 2.30. The SMILES string of the molecule is Cn1cc(C(=O)N2CCC(c3ccc(F)cc3)CC2)c(NCc2ccccc2)c(N)c1=O. The van der Waals surface area contributed by atoms with E-state index in [1.807, 2.05) is 42.5 Å². The van der Waals surface area contributed by atoms with Crippen LogP contribution in [-0.4, -0.2) is 28.5 Å². The largest absolute Gasteiger partial charge is 0.393 e. The van der Waals surface area contributed by atoms with Crippen LogP contribution in [0.3, 0.4) is 0 Å².